The second kappa shape index (κ2) is 7.62. The van der Waals surface area contributed by atoms with E-state index in [2.05, 4.69) is 10.3 Å². The van der Waals surface area contributed by atoms with Crippen molar-refractivity contribution in [1.29, 1.82) is 0 Å². The highest BCUT2D eigenvalue weighted by Crippen LogP contribution is 2.42. The van der Waals surface area contributed by atoms with Crippen LogP contribution in [0.1, 0.15) is 46.8 Å². The van der Waals surface area contributed by atoms with Crippen LogP contribution in [-0.2, 0) is 0 Å². The third kappa shape index (κ3) is 3.36. The number of hydrogen-bond acceptors (Lipinski definition) is 7. The first-order valence-corrected chi connectivity index (χ1v) is 10.9. The van der Waals surface area contributed by atoms with E-state index in [1.165, 1.54) is 19.3 Å². The quantitative estimate of drug-likeness (QED) is 0.811. The topological polar surface area (TPSA) is 72.5 Å². The summed E-state index contributed by atoms with van der Waals surface area (Å²) in [5, 5.41) is 1.74. The Labute approximate surface area is 180 Å². The number of likely N-dealkylation sites (tertiary alicyclic amines) is 1. The monoisotopic (exact) mass is 423 g/mol. The molecule has 1 N–H and O–H groups in total. The summed E-state index contributed by atoms with van der Waals surface area (Å²) >= 11 is 0. The van der Waals surface area contributed by atoms with Crippen LogP contribution in [-0.4, -0.2) is 55.6 Å². The van der Waals surface area contributed by atoms with E-state index in [-0.39, 0.29) is 25.5 Å². The summed E-state index contributed by atoms with van der Waals surface area (Å²) in [5.74, 6) is 2.71. The molecule has 2 aromatic rings. The molecule has 0 radical (unpaired) electrons. The van der Waals surface area contributed by atoms with Crippen LogP contribution in [0.15, 0.2) is 30.3 Å². The van der Waals surface area contributed by atoms with E-state index in [1.807, 2.05) is 30.3 Å². The van der Waals surface area contributed by atoms with Crippen molar-refractivity contribution in [3.8, 4) is 23.0 Å². The summed E-state index contributed by atoms with van der Waals surface area (Å²) in [6, 6.07) is 9.43. The number of benzene rings is 2. The molecule has 1 saturated heterocycles. The molecule has 0 bridgehead atoms. The van der Waals surface area contributed by atoms with E-state index in [0.717, 1.165) is 42.3 Å². The van der Waals surface area contributed by atoms with Crippen LogP contribution >= 0.6 is 0 Å². The first-order valence-electron chi connectivity index (χ1n) is 10.9. The van der Waals surface area contributed by atoms with Crippen molar-refractivity contribution in [1.82, 2.24) is 15.3 Å². The molecule has 8 heteroatoms. The van der Waals surface area contributed by atoms with Gasteiger partial charge in [-0.3, -0.25) is 9.80 Å². The van der Waals surface area contributed by atoms with Crippen molar-refractivity contribution in [2.45, 2.75) is 25.3 Å². The number of carbonyl (C=O) groups excluding carboxylic acids is 1. The fourth-order valence-electron chi connectivity index (χ4n) is 4.75. The van der Waals surface area contributed by atoms with E-state index in [9.17, 15) is 4.79 Å². The molecule has 4 aliphatic heterocycles. The normalized spacial score (nSPS) is 22.0. The zero-order chi connectivity index (χ0) is 20.8. The number of nitrogens with one attached hydrogen (secondary N) is 1. The Morgan fingerprint density at radius 1 is 0.839 bits per heavy atom. The van der Waals surface area contributed by atoms with Gasteiger partial charge in [0.05, 0.1) is 18.2 Å². The Morgan fingerprint density at radius 2 is 1.55 bits per heavy atom. The Bertz CT molecular complexity index is 1020. The van der Waals surface area contributed by atoms with E-state index in [0.29, 0.717) is 23.6 Å². The zero-order valence-corrected chi connectivity index (χ0v) is 17.3. The lowest BCUT2D eigenvalue weighted by Crippen LogP contribution is -2.52. The van der Waals surface area contributed by atoms with Crippen LogP contribution in [0.5, 0.6) is 23.0 Å². The molecular formula is C23H25N3O5. The van der Waals surface area contributed by atoms with Gasteiger partial charge in [0, 0.05) is 6.54 Å². The molecule has 0 spiro atoms. The number of hydrogen-bond donors (Lipinski definition) is 1. The minimum Gasteiger partial charge on any atom is -0.454 e. The highest BCUT2D eigenvalue weighted by Gasteiger charge is 2.35. The predicted molar refractivity (Wildman–Crippen MR) is 111 cm³/mol. The summed E-state index contributed by atoms with van der Waals surface area (Å²) < 4.78 is 22.2. The molecule has 1 amide bonds. The predicted octanol–water partition coefficient (Wildman–Crippen LogP) is 2.68. The third-order valence-electron chi connectivity index (χ3n) is 6.43. The van der Waals surface area contributed by atoms with Crippen molar-refractivity contribution in [3.05, 3.63) is 47.0 Å². The number of carbonyl (C=O) groups is 1. The van der Waals surface area contributed by atoms with Gasteiger partial charge in [0.25, 0.3) is 5.91 Å². The van der Waals surface area contributed by atoms with Crippen LogP contribution in [0.2, 0.25) is 0 Å². The summed E-state index contributed by atoms with van der Waals surface area (Å²) in [6.07, 6.45) is 3.76. The maximum atomic E-state index is 13.4. The first kappa shape index (κ1) is 18.8. The Hall–Kier alpha value is -2.97. The van der Waals surface area contributed by atoms with Crippen molar-refractivity contribution in [2.75, 3.05) is 39.8 Å². The molecule has 1 fully saturated rings. The fraction of sp³-hybridized carbons (Fsp3) is 0.435. The van der Waals surface area contributed by atoms with Gasteiger partial charge >= 0.3 is 0 Å². The Kier molecular flexibility index (Phi) is 4.61. The second-order valence-corrected chi connectivity index (χ2v) is 8.33. The standard InChI is InChI=1S/C23H25N3O5/c27-23-17-12-21-20(30-14-31-21)11-16(17)22(15-4-5-18-19(10-15)29-13-28-18)24-26(23)9-8-25-6-2-1-3-7-25/h4-5,10-12,22,24H,1-3,6-9,13-14H2. The van der Waals surface area contributed by atoms with Crippen LogP contribution in [0.3, 0.4) is 0 Å². The van der Waals surface area contributed by atoms with Crippen LogP contribution in [0.4, 0.5) is 0 Å². The Balaban J connectivity index is 1.34. The molecule has 0 aliphatic carbocycles. The summed E-state index contributed by atoms with van der Waals surface area (Å²) in [5.41, 5.74) is 5.98. The average Bonchev–Trinajstić information content (AvgIpc) is 3.46. The number of piperidine rings is 1. The number of fused-ring (bicyclic) bond motifs is 3. The number of nitrogens with zero attached hydrogens (tertiary/aromatic N) is 2. The van der Waals surface area contributed by atoms with Crippen molar-refractivity contribution in [2.24, 2.45) is 0 Å². The van der Waals surface area contributed by atoms with E-state index in [4.69, 9.17) is 18.9 Å². The van der Waals surface area contributed by atoms with Crippen molar-refractivity contribution >= 4 is 5.91 Å². The molecule has 1 atom stereocenters. The fourth-order valence-corrected chi connectivity index (χ4v) is 4.75. The minimum absolute atomic E-state index is 0.0395. The number of hydrazine groups is 1. The molecule has 2 aromatic carbocycles. The van der Waals surface area contributed by atoms with Gasteiger partial charge in [0.1, 0.15) is 0 Å². The highest BCUT2D eigenvalue weighted by molar-refractivity contribution is 5.97. The molecule has 1 unspecified atom stereocenters. The van der Waals surface area contributed by atoms with E-state index in [1.54, 1.807) is 5.01 Å². The molecule has 4 aliphatic rings. The van der Waals surface area contributed by atoms with Crippen LogP contribution in [0, 0.1) is 0 Å². The third-order valence-corrected chi connectivity index (χ3v) is 6.43. The number of ether oxygens (including phenoxy) is 4. The number of amides is 1. The maximum absolute atomic E-state index is 13.4. The molecule has 0 aromatic heterocycles. The van der Waals surface area contributed by atoms with Crippen LogP contribution < -0.4 is 24.4 Å². The SMILES string of the molecule is O=C1c2cc3c(cc2C(c2ccc4c(c2)OCO4)NN1CCN1CCCCC1)OCO3. The zero-order valence-electron chi connectivity index (χ0n) is 17.3. The first-order chi connectivity index (χ1) is 15.3. The van der Waals surface area contributed by atoms with E-state index < -0.39 is 0 Å². The van der Waals surface area contributed by atoms with Gasteiger partial charge in [-0.15, -0.1) is 0 Å². The van der Waals surface area contributed by atoms with Crippen molar-refractivity contribution < 1.29 is 23.7 Å². The van der Waals surface area contributed by atoms with E-state index >= 15 is 0 Å². The summed E-state index contributed by atoms with van der Waals surface area (Å²) in [6.45, 7) is 4.08. The largest absolute Gasteiger partial charge is 0.454 e. The molecule has 6 rings (SSSR count). The van der Waals surface area contributed by atoms with Gasteiger partial charge < -0.3 is 23.8 Å². The lowest BCUT2D eigenvalue weighted by Gasteiger charge is -2.37. The average molecular weight is 423 g/mol. The Morgan fingerprint density at radius 3 is 2.35 bits per heavy atom. The highest BCUT2D eigenvalue weighted by atomic mass is 16.7. The maximum Gasteiger partial charge on any atom is 0.268 e. The van der Waals surface area contributed by atoms with Gasteiger partial charge in [0.15, 0.2) is 23.0 Å². The smallest absolute Gasteiger partial charge is 0.268 e. The van der Waals surface area contributed by atoms with Crippen molar-refractivity contribution in [3.63, 3.8) is 0 Å². The lowest BCUT2D eigenvalue weighted by atomic mass is 9.91. The van der Waals surface area contributed by atoms with Gasteiger partial charge in [-0.2, -0.15) is 0 Å². The van der Waals surface area contributed by atoms with Gasteiger partial charge in [-0.1, -0.05) is 12.5 Å². The van der Waals surface area contributed by atoms with Crippen LogP contribution in [0.25, 0.3) is 0 Å². The molecular weight excluding hydrogens is 398 g/mol. The molecule has 0 saturated carbocycles. The van der Waals surface area contributed by atoms with Gasteiger partial charge in [0.2, 0.25) is 13.6 Å². The molecule has 4 heterocycles. The lowest BCUT2D eigenvalue weighted by molar-refractivity contribution is 0.0557. The van der Waals surface area contributed by atoms with Gasteiger partial charge in [-0.05, 0) is 61.3 Å². The van der Waals surface area contributed by atoms with Gasteiger partial charge in [-0.25, -0.2) is 5.43 Å². The summed E-state index contributed by atoms with van der Waals surface area (Å²) in [7, 11) is 0. The minimum atomic E-state index is -0.210. The number of rotatable bonds is 4. The molecule has 8 nitrogen and oxygen atoms in total. The second-order valence-electron chi connectivity index (χ2n) is 8.33. The summed E-state index contributed by atoms with van der Waals surface area (Å²) in [4.78, 5) is 15.8. The molecule has 31 heavy (non-hydrogen) atoms. The molecule has 162 valence electrons.